The minimum atomic E-state index is -0.609. The fraction of sp³-hybridized carbons (Fsp3) is 0.129. The Bertz CT molecular complexity index is 1270. The predicted molar refractivity (Wildman–Crippen MR) is 142 cm³/mol. The number of hydrogen-bond acceptors (Lipinski definition) is 2. The number of hydrogen-bond donors (Lipinski definition) is 0. The van der Waals surface area contributed by atoms with E-state index in [1.807, 2.05) is 30.5 Å². The van der Waals surface area contributed by atoms with Gasteiger partial charge in [-0.3, -0.25) is 0 Å². The Labute approximate surface area is 211 Å². The van der Waals surface area contributed by atoms with Gasteiger partial charge in [-0.1, -0.05) is 115 Å². The van der Waals surface area contributed by atoms with Crippen LogP contribution in [0.1, 0.15) is 34.2 Å². The van der Waals surface area contributed by atoms with Crippen molar-refractivity contribution in [3.8, 4) is 0 Å². The molecule has 4 aromatic carbocycles. The largest absolute Gasteiger partial charge is 0.376 e. The topological polar surface area (TPSA) is 27.1 Å². The van der Waals surface area contributed by atoms with Gasteiger partial charge in [-0.15, -0.1) is 0 Å². The van der Waals surface area contributed by atoms with Crippen molar-refractivity contribution in [1.82, 2.24) is 9.55 Å². The highest BCUT2D eigenvalue weighted by atomic mass is 35.5. The van der Waals surface area contributed by atoms with Gasteiger partial charge in [-0.25, -0.2) is 4.98 Å². The summed E-state index contributed by atoms with van der Waals surface area (Å²) in [5, 5.41) is 0.695. The molecular formula is C31H27ClN2O. The van der Waals surface area contributed by atoms with E-state index in [9.17, 15) is 0 Å². The second-order valence-electron chi connectivity index (χ2n) is 8.51. The predicted octanol–water partition coefficient (Wildman–Crippen LogP) is 7.31. The van der Waals surface area contributed by atoms with Crippen LogP contribution in [0.4, 0.5) is 0 Å². The fourth-order valence-corrected chi connectivity index (χ4v) is 5.15. The van der Waals surface area contributed by atoms with Gasteiger partial charge in [0.2, 0.25) is 0 Å². The molecule has 0 saturated carbocycles. The van der Waals surface area contributed by atoms with Gasteiger partial charge in [-0.2, -0.15) is 0 Å². The van der Waals surface area contributed by atoms with Crippen LogP contribution < -0.4 is 0 Å². The van der Waals surface area contributed by atoms with Gasteiger partial charge < -0.3 is 9.30 Å². The molecule has 5 aromatic rings. The summed E-state index contributed by atoms with van der Waals surface area (Å²) in [4.78, 5) is 4.84. The van der Waals surface area contributed by atoms with Crippen LogP contribution >= 0.6 is 11.6 Å². The number of benzene rings is 4. The lowest BCUT2D eigenvalue weighted by Crippen LogP contribution is -2.38. The Morgan fingerprint density at radius 2 is 1.31 bits per heavy atom. The quantitative estimate of drug-likeness (QED) is 0.219. The molecule has 0 spiro atoms. The molecule has 1 unspecified atom stereocenters. The standard InChI is InChI=1S/C31H27ClN2O/c1-35-29(24-12-11-19-28(32)22-24)23-30-33-20-21-34(30)31(25-13-5-2-6-14-25,26-15-7-3-8-16-26)27-17-9-4-10-18-27/h2-22,29H,23H2,1H3. The molecule has 0 fully saturated rings. The average molecular weight is 479 g/mol. The second-order valence-corrected chi connectivity index (χ2v) is 8.94. The van der Waals surface area contributed by atoms with Gasteiger partial charge in [0, 0.05) is 30.9 Å². The van der Waals surface area contributed by atoms with E-state index in [4.69, 9.17) is 21.3 Å². The van der Waals surface area contributed by atoms with Crippen molar-refractivity contribution in [2.45, 2.75) is 18.1 Å². The summed E-state index contributed by atoms with van der Waals surface area (Å²) < 4.78 is 8.23. The Morgan fingerprint density at radius 1 is 0.771 bits per heavy atom. The minimum Gasteiger partial charge on any atom is -0.376 e. The summed E-state index contributed by atoms with van der Waals surface area (Å²) in [7, 11) is 1.73. The normalized spacial score (nSPS) is 12.4. The lowest BCUT2D eigenvalue weighted by atomic mass is 9.76. The highest BCUT2D eigenvalue weighted by Gasteiger charge is 2.39. The summed E-state index contributed by atoms with van der Waals surface area (Å²) in [6.45, 7) is 0. The van der Waals surface area contributed by atoms with Crippen molar-refractivity contribution < 1.29 is 4.74 Å². The third kappa shape index (κ3) is 4.41. The van der Waals surface area contributed by atoms with E-state index in [-0.39, 0.29) is 6.10 Å². The summed E-state index contributed by atoms with van der Waals surface area (Å²) >= 11 is 6.30. The molecular weight excluding hydrogens is 452 g/mol. The molecule has 1 atom stereocenters. The SMILES string of the molecule is COC(Cc1nccn1C(c1ccccc1)(c1ccccc1)c1ccccc1)c1cccc(Cl)c1. The zero-order valence-corrected chi connectivity index (χ0v) is 20.3. The molecule has 0 N–H and O–H groups in total. The Balaban J connectivity index is 1.73. The van der Waals surface area contributed by atoms with Crippen LogP contribution in [-0.4, -0.2) is 16.7 Å². The molecule has 1 aromatic heterocycles. The van der Waals surface area contributed by atoms with Gasteiger partial charge in [0.25, 0.3) is 0 Å². The van der Waals surface area contributed by atoms with E-state index in [2.05, 4.69) is 102 Å². The smallest absolute Gasteiger partial charge is 0.121 e. The second kappa shape index (κ2) is 10.3. The average Bonchev–Trinajstić information content (AvgIpc) is 3.38. The van der Waals surface area contributed by atoms with Crippen molar-refractivity contribution in [2.75, 3.05) is 7.11 Å². The maximum atomic E-state index is 6.30. The lowest BCUT2D eigenvalue weighted by molar-refractivity contribution is 0.100. The lowest BCUT2D eigenvalue weighted by Gasteiger charge is -2.39. The van der Waals surface area contributed by atoms with Crippen molar-refractivity contribution >= 4 is 11.6 Å². The minimum absolute atomic E-state index is 0.185. The molecule has 1 heterocycles. The third-order valence-corrected chi connectivity index (χ3v) is 6.76. The van der Waals surface area contributed by atoms with Crippen molar-refractivity contribution in [3.05, 3.63) is 161 Å². The molecule has 35 heavy (non-hydrogen) atoms. The van der Waals surface area contributed by atoms with E-state index < -0.39 is 5.54 Å². The zero-order valence-electron chi connectivity index (χ0n) is 19.6. The first-order valence-corrected chi connectivity index (χ1v) is 12.1. The number of rotatable bonds is 8. The van der Waals surface area contributed by atoms with E-state index >= 15 is 0 Å². The van der Waals surface area contributed by atoms with Gasteiger partial charge in [0.05, 0.1) is 6.10 Å². The molecule has 0 radical (unpaired) electrons. The van der Waals surface area contributed by atoms with Crippen LogP contribution in [0.15, 0.2) is 128 Å². The molecule has 0 saturated heterocycles. The highest BCUT2D eigenvalue weighted by molar-refractivity contribution is 6.30. The number of aromatic nitrogens is 2. The maximum Gasteiger partial charge on any atom is 0.121 e. The third-order valence-electron chi connectivity index (χ3n) is 6.53. The van der Waals surface area contributed by atoms with Crippen LogP contribution in [0, 0.1) is 0 Å². The van der Waals surface area contributed by atoms with Crippen LogP contribution in [0.25, 0.3) is 0 Å². The van der Waals surface area contributed by atoms with Crippen LogP contribution in [0.2, 0.25) is 5.02 Å². The van der Waals surface area contributed by atoms with E-state index in [0.29, 0.717) is 11.4 Å². The molecule has 0 aliphatic rings. The van der Waals surface area contributed by atoms with E-state index in [1.165, 1.54) is 0 Å². The Hall–Kier alpha value is -3.66. The van der Waals surface area contributed by atoms with Crippen LogP contribution in [-0.2, 0) is 16.7 Å². The molecule has 0 aliphatic carbocycles. The Morgan fingerprint density at radius 3 is 1.80 bits per heavy atom. The molecule has 4 heteroatoms. The van der Waals surface area contributed by atoms with Gasteiger partial charge in [0.1, 0.15) is 11.4 Å². The molecule has 0 aliphatic heterocycles. The monoisotopic (exact) mass is 478 g/mol. The zero-order chi connectivity index (χ0) is 24.1. The van der Waals surface area contributed by atoms with Crippen molar-refractivity contribution in [3.63, 3.8) is 0 Å². The van der Waals surface area contributed by atoms with Crippen molar-refractivity contribution in [1.29, 1.82) is 0 Å². The maximum absolute atomic E-state index is 6.30. The van der Waals surface area contributed by atoms with Crippen LogP contribution in [0.5, 0.6) is 0 Å². The first kappa shape index (κ1) is 23.1. The molecule has 0 bridgehead atoms. The summed E-state index contributed by atoms with van der Waals surface area (Å²) in [5.41, 5.74) is 3.90. The highest BCUT2D eigenvalue weighted by Crippen LogP contribution is 2.42. The number of methoxy groups -OCH3 is 1. The number of halogens is 1. The fourth-order valence-electron chi connectivity index (χ4n) is 4.96. The molecule has 5 rings (SSSR count). The Kier molecular flexibility index (Phi) is 6.80. The van der Waals surface area contributed by atoms with E-state index in [0.717, 1.165) is 28.1 Å². The molecule has 174 valence electrons. The van der Waals surface area contributed by atoms with Crippen molar-refractivity contribution in [2.24, 2.45) is 0 Å². The van der Waals surface area contributed by atoms with Gasteiger partial charge >= 0.3 is 0 Å². The summed E-state index contributed by atoms with van der Waals surface area (Å²) in [6, 6.07) is 39.7. The van der Waals surface area contributed by atoms with Gasteiger partial charge in [0.15, 0.2) is 0 Å². The first-order chi connectivity index (χ1) is 17.2. The molecule has 3 nitrogen and oxygen atoms in total. The molecule has 0 amide bonds. The first-order valence-electron chi connectivity index (χ1n) is 11.7. The number of imidazole rings is 1. The summed E-state index contributed by atoms with van der Waals surface area (Å²) in [6.07, 6.45) is 4.37. The van der Waals surface area contributed by atoms with Crippen LogP contribution in [0.3, 0.4) is 0 Å². The van der Waals surface area contributed by atoms with Gasteiger partial charge in [-0.05, 0) is 34.4 Å². The number of ether oxygens (including phenoxy) is 1. The van der Waals surface area contributed by atoms with E-state index in [1.54, 1.807) is 7.11 Å². The number of nitrogens with zero attached hydrogens (tertiary/aromatic N) is 2. The summed E-state index contributed by atoms with van der Waals surface area (Å²) in [5.74, 6) is 0.924.